The number of carbonyl (C=O) groups excluding carboxylic acids is 1. The molecular weight excluding hydrogens is 390 g/mol. The molecule has 3 rings (SSSR count). The Labute approximate surface area is 173 Å². The van der Waals surface area contributed by atoms with Crippen LogP contribution in [0.4, 0.5) is 5.69 Å². The molecule has 0 aliphatic heterocycles. The van der Waals surface area contributed by atoms with Crippen molar-refractivity contribution in [2.45, 2.75) is 13.3 Å². The Balaban J connectivity index is 1.92. The molecule has 0 spiro atoms. The number of fused-ring (bicyclic) bond motifs is 1. The van der Waals surface area contributed by atoms with Crippen molar-refractivity contribution >= 4 is 22.6 Å². The summed E-state index contributed by atoms with van der Waals surface area (Å²) in [5.41, 5.74) is 1.11. The van der Waals surface area contributed by atoms with Crippen LogP contribution in [0.5, 0.6) is 23.0 Å². The van der Waals surface area contributed by atoms with E-state index in [1.807, 2.05) is 0 Å². The Morgan fingerprint density at radius 1 is 0.933 bits per heavy atom. The van der Waals surface area contributed by atoms with Gasteiger partial charge in [-0.15, -0.1) is 0 Å². The lowest BCUT2D eigenvalue weighted by atomic mass is 10.0. The van der Waals surface area contributed by atoms with Crippen LogP contribution >= 0.6 is 0 Å². The number of benzene rings is 2. The summed E-state index contributed by atoms with van der Waals surface area (Å²) in [5, 5.41) is 3.43. The minimum atomic E-state index is -0.603. The van der Waals surface area contributed by atoms with E-state index in [1.54, 1.807) is 37.3 Å². The second-order valence-corrected chi connectivity index (χ2v) is 6.47. The zero-order chi connectivity index (χ0) is 21.8. The summed E-state index contributed by atoms with van der Waals surface area (Å²) in [6.45, 7) is 1.77. The predicted octanol–water partition coefficient (Wildman–Crippen LogP) is 3.32. The molecule has 1 amide bonds. The maximum atomic E-state index is 12.6. The van der Waals surface area contributed by atoms with E-state index in [1.165, 1.54) is 28.4 Å². The topological polar surface area (TPSA) is 96.2 Å². The number of amides is 1. The Morgan fingerprint density at radius 3 is 2.23 bits per heavy atom. The van der Waals surface area contributed by atoms with Gasteiger partial charge >= 0.3 is 5.63 Å². The van der Waals surface area contributed by atoms with Gasteiger partial charge in [-0.3, -0.25) is 4.79 Å². The Hall–Kier alpha value is -3.68. The fourth-order valence-electron chi connectivity index (χ4n) is 3.25. The molecule has 0 radical (unpaired) electrons. The number of hydrogen-bond donors (Lipinski definition) is 1. The molecule has 3 aromatic rings. The monoisotopic (exact) mass is 413 g/mol. The van der Waals surface area contributed by atoms with Gasteiger partial charge in [-0.25, -0.2) is 4.79 Å². The van der Waals surface area contributed by atoms with E-state index < -0.39 is 5.63 Å². The fraction of sp³-hybridized carbons (Fsp3) is 0.273. The first kappa shape index (κ1) is 21.0. The molecule has 30 heavy (non-hydrogen) atoms. The minimum Gasteiger partial charge on any atom is -0.493 e. The standard InChI is InChI=1S/C22H23NO7/c1-12-14-7-9-17(27-3)21(29-5)20(14)30-22(25)15(12)11-19(24)23-13-6-8-16(26-2)18(10-13)28-4/h6-10H,11H2,1-5H3,(H,23,24). The molecule has 1 N–H and O–H groups in total. The molecule has 0 saturated carbocycles. The van der Waals surface area contributed by atoms with Crippen molar-refractivity contribution in [1.82, 2.24) is 0 Å². The molecule has 8 nitrogen and oxygen atoms in total. The normalized spacial score (nSPS) is 10.6. The summed E-state index contributed by atoms with van der Waals surface area (Å²) in [6.07, 6.45) is -0.146. The molecular formula is C22H23NO7. The maximum Gasteiger partial charge on any atom is 0.340 e. The molecule has 0 bridgehead atoms. The third-order valence-corrected chi connectivity index (χ3v) is 4.80. The molecule has 2 aromatic carbocycles. The van der Waals surface area contributed by atoms with Crippen LogP contribution in [0.25, 0.3) is 11.0 Å². The fourth-order valence-corrected chi connectivity index (χ4v) is 3.25. The van der Waals surface area contributed by atoms with Crippen LogP contribution in [-0.2, 0) is 11.2 Å². The number of hydrogen-bond acceptors (Lipinski definition) is 7. The van der Waals surface area contributed by atoms with Crippen molar-refractivity contribution < 1.29 is 28.2 Å². The molecule has 0 aliphatic rings. The first-order valence-corrected chi connectivity index (χ1v) is 9.12. The minimum absolute atomic E-state index is 0.146. The molecule has 0 atom stereocenters. The van der Waals surface area contributed by atoms with E-state index in [0.29, 0.717) is 39.6 Å². The maximum absolute atomic E-state index is 12.6. The van der Waals surface area contributed by atoms with Gasteiger partial charge in [-0.1, -0.05) is 0 Å². The third-order valence-electron chi connectivity index (χ3n) is 4.80. The first-order chi connectivity index (χ1) is 14.4. The highest BCUT2D eigenvalue weighted by atomic mass is 16.5. The SMILES string of the molecule is COc1ccc(NC(=O)Cc2c(C)c3ccc(OC)c(OC)c3oc2=O)cc1OC. The van der Waals surface area contributed by atoms with Gasteiger partial charge in [0.25, 0.3) is 0 Å². The van der Waals surface area contributed by atoms with Crippen molar-refractivity contribution in [2.75, 3.05) is 33.8 Å². The number of rotatable bonds is 7. The second-order valence-electron chi connectivity index (χ2n) is 6.47. The molecule has 158 valence electrons. The van der Waals surface area contributed by atoms with Crippen LogP contribution in [0.2, 0.25) is 0 Å². The summed E-state index contributed by atoms with van der Waals surface area (Å²) in [4.78, 5) is 25.2. The van der Waals surface area contributed by atoms with Gasteiger partial charge in [0.2, 0.25) is 11.7 Å². The van der Waals surface area contributed by atoms with E-state index in [9.17, 15) is 9.59 Å². The quantitative estimate of drug-likeness (QED) is 0.594. The van der Waals surface area contributed by atoms with E-state index >= 15 is 0 Å². The zero-order valence-corrected chi connectivity index (χ0v) is 17.5. The summed E-state index contributed by atoms with van der Waals surface area (Å²) in [7, 11) is 6.01. The Bertz CT molecular complexity index is 1150. The number of aryl methyl sites for hydroxylation is 1. The van der Waals surface area contributed by atoms with Gasteiger partial charge in [0.05, 0.1) is 40.4 Å². The highest BCUT2D eigenvalue weighted by Crippen LogP contribution is 2.36. The van der Waals surface area contributed by atoms with Gasteiger partial charge < -0.3 is 28.7 Å². The highest BCUT2D eigenvalue weighted by molar-refractivity contribution is 5.94. The van der Waals surface area contributed by atoms with Crippen molar-refractivity contribution in [2.24, 2.45) is 0 Å². The second kappa shape index (κ2) is 8.77. The van der Waals surface area contributed by atoms with Crippen LogP contribution in [0.3, 0.4) is 0 Å². The van der Waals surface area contributed by atoms with E-state index in [2.05, 4.69) is 5.32 Å². The van der Waals surface area contributed by atoms with Gasteiger partial charge in [-0.05, 0) is 36.8 Å². The molecule has 1 aromatic heterocycles. The summed E-state index contributed by atoms with van der Waals surface area (Å²) in [5.74, 6) is 1.45. The lowest BCUT2D eigenvalue weighted by Crippen LogP contribution is -2.20. The van der Waals surface area contributed by atoms with Crippen LogP contribution in [0, 0.1) is 6.92 Å². The van der Waals surface area contributed by atoms with Gasteiger partial charge in [0.15, 0.2) is 22.8 Å². The molecule has 8 heteroatoms. The molecule has 0 fully saturated rings. The lowest BCUT2D eigenvalue weighted by molar-refractivity contribution is -0.115. The predicted molar refractivity (Wildman–Crippen MR) is 112 cm³/mol. The van der Waals surface area contributed by atoms with Gasteiger partial charge in [0, 0.05) is 17.1 Å². The number of methoxy groups -OCH3 is 4. The van der Waals surface area contributed by atoms with Crippen LogP contribution in [0.1, 0.15) is 11.1 Å². The number of nitrogens with one attached hydrogen (secondary N) is 1. The smallest absolute Gasteiger partial charge is 0.340 e. The first-order valence-electron chi connectivity index (χ1n) is 9.12. The third kappa shape index (κ3) is 3.89. The van der Waals surface area contributed by atoms with Crippen LogP contribution < -0.4 is 29.9 Å². The average molecular weight is 413 g/mol. The van der Waals surface area contributed by atoms with E-state index in [-0.39, 0.29) is 23.5 Å². The number of carbonyl (C=O) groups is 1. The van der Waals surface area contributed by atoms with Gasteiger partial charge in [0.1, 0.15) is 0 Å². The summed E-state index contributed by atoms with van der Waals surface area (Å²) in [6, 6.07) is 8.51. The largest absolute Gasteiger partial charge is 0.493 e. The van der Waals surface area contributed by atoms with E-state index in [4.69, 9.17) is 23.4 Å². The van der Waals surface area contributed by atoms with Crippen LogP contribution in [0.15, 0.2) is 39.5 Å². The Morgan fingerprint density at radius 2 is 1.60 bits per heavy atom. The summed E-state index contributed by atoms with van der Waals surface area (Å²) >= 11 is 0. The molecule has 0 aliphatic carbocycles. The van der Waals surface area contributed by atoms with E-state index in [0.717, 1.165) is 0 Å². The van der Waals surface area contributed by atoms with Crippen LogP contribution in [-0.4, -0.2) is 34.3 Å². The Kier molecular flexibility index (Phi) is 6.15. The van der Waals surface area contributed by atoms with Crippen molar-refractivity contribution in [3.8, 4) is 23.0 Å². The number of anilines is 1. The average Bonchev–Trinajstić information content (AvgIpc) is 2.75. The van der Waals surface area contributed by atoms with Crippen molar-refractivity contribution in [3.63, 3.8) is 0 Å². The van der Waals surface area contributed by atoms with Crippen molar-refractivity contribution in [1.29, 1.82) is 0 Å². The number of ether oxygens (including phenoxy) is 4. The van der Waals surface area contributed by atoms with Gasteiger partial charge in [-0.2, -0.15) is 0 Å². The molecule has 1 heterocycles. The lowest BCUT2D eigenvalue weighted by Gasteiger charge is -2.13. The molecule has 0 saturated heterocycles. The zero-order valence-electron chi connectivity index (χ0n) is 17.5. The highest BCUT2D eigenvalue weighted by Gasteiger charge is 2.19. The molecule has 0 unspecified atom stereocenters. The van der Waals surface area contributed by atoms with Crippen molar-refractivity contribution in [3.05, 3.63) is 51.9 Å². The summed E-state index contributed by atoms with van der Waals surface area (Å²) < 4.78 is 26.5.